The van der Waals surface area contributed by atoms with Gasteiger partial charge in [-0.25, -0.2) is 4.79 Å². The smallest absolute Gasteiger partial charge is 0.319 e. The highest BCUT2D eigenvalue weighted by Gasteiger charge is 2.55. The van der Waals surface area contributed by atoms with E-state index >= 15 is 0 Å². The number of rotatable bonds is 2. The second-order valence-corrected chi connectivity index (χ2v) is 6.95. The third kappa shape index (κ3) is 2.21. The van der Waals surface area contributed by atoms with Crippen molar-refractivity contribution in [2.24, 2.45) is 0 Å². The summed E-state index contributed by atoms with van der Waals surface area (Å²) in [6.45, 7) is 0.172. The van der Waals surface area contributed by atoms with Crippen molar-refractivity contribution in [1.82, 2.24) is 10.2 Å². The van der Waals surface area contributed by atoms with Gasteiger partial charge in [0, 0.05) is 0 Å². The minimum atomic E-state index is -0.927. The molecule has 1 fully saturated rings. The van der Waals surface area contributed by atoms with Crippen molar-refractivity contribution in [2.75, 3.05) is 0 Å². The monoisotopic (exact) mass is 360 g/mol. The molecule has 2 aliphatic rings. The van der Waals surface area contributed by atoms with Crippen molar-refractivity contribution >= 4 is 35.1 Å². The number of amides is 3. The molecular weight excluding hydrogens is 347 g/mol. The molecule has 1 saturated heterocycles. The highest BCUT2D eigenvalue weighted by atomic mass is 35.5. The molecule has 1 spiro atoms. The van der Waals surface area contributed by atoms with Crippen LogP contribution >= 0.6 is 23.2 Å². The van der Waals surface area contributed by atoms with Crippen LogP contribution in [0.5, 0.6) is 0 Å². The number of benzene rings is 2. The number of urea groups is 1. The van der Waals surface area contributed by atoms with Crippen molar-refractivity contribution in [3.63, 3.8) is 0 Å². The quantitative estimate of drug-likeness (QED) is 0.826. The van der Waals surface area contributed by atoms with Crippen LogP contribution in [0.3, 0.4) is 0 Å². The lowest BCUT2D eigenvalue weighted by molar-refractivity contribution is -0.132. The fourth-order valence-electron chi connectivity index (χ4n) is 3.55. The summed E-state index contributed by atoms with van der Waals surface area (Å²) in [7, 11) is 0. The number of imide groups is 1. The fourth-order valence-corrected chi connectivity index (χ4v) is 3.87. The highest BCUT2D eigenvalue weighted by Crippen LogP contribution is 2.41. The summed E-state index contributed by atoms with van der Waals surface area (Å²) in [5.41, 5.74) is 1.85. The molecule has 1 atom stereocenters. The average Bonchev–Trinajstić information content (AvgIpc) is 3.05. The van der Waals surface area contributed by atoms with Crippen molar-refractivity contribution in [2.45, 2.75) is 24.9 Å². The first-order valence-corrected chi connectivity index (χ1v) is 8.43. The number of halogens is 2. The second kappa shape index (κ2) is 5.50. The second-order valence-electron chi connectivity index (χ2n) is 6.13. The molecule has 122 valence electrons. The van der Waals surface area contributed by atoms with E-state index in [4.69, 9.17) is 23.2 Å². The van der Waals surface area contributed by atoms with E-state index < -0.39 is 5.54 Å². The molecule has 4 nitrogen and oxygen atoms in total. The van der Waals surface area contributed by atoms with Crippen LogP contribution in [0, 0.1) is 0 Å². The summed E-state index contributed by atoms with van der Waals surface area (Å²) in [5, 5.41) is 3.76. The molecule has 0 radical (unpaired) electrons. The Bertz CT molecular complexity index is 868. The van der Waals surface area contributed by atoms with Gasteiger partial charge in [-0.05, 0) is 41.7 Å². The first-order valence-electron chi connectivity index (χ1n) is 7.68. The lowest BCUT2D eigenvalue weighted by atomic mass is 9.92. The number of carbonyl (C=O) groups excluding carboxylic acids is 2. The molecule has 0 aromatic heterocycles. The molecule has 1 heterocycles. The molecule has 1 N–H and O–H groups in total. The predicted octanol–water partition coefficient (Wildman–Crippen LogP) is 3.89. The van der Waals surface area contributed by atoms with Gasteiger partial charge in [0.2, 0.25) is 0 Å². The van der Waals surface area contributed by atoms with Gasteiger partial charge in [0.05, 0.1) is 16.6 Å². The molecular formula is C18H14Cl2N2O2. The Morgan fingerprint density at radius 1 is 1.08 bits per heavy atom. The summed E-state index contributed by atoms with van der Waals surface area (Å²) in [6, 6.07) is 12.5. The zero-order valence-corrected chi connectivity index (χ0v) is 14.2. The van der Waals surface area contributed by atoms with Crippen LogP contribution in [0.1, 0.15) is 23.1 Å². The molecule has 4 rings (SSSR count). The normalized spacial score (nSPS) is 22.2. The number of carbonyl (C=O) groups is 2. The van der Waals surface area contributed by atoms with E-state index in [1.165, 1.54) is 4.90 Å². The first-order chi connectivity index (χ1) is 11.5. The lowest BCUT2D eigenvalue weighted by Crippen LogP contribution is -2.41. The largest absolute Gasteiger partial charge is 0.325 e. The maximum Gasteiger partial charge on any atom is 0.325 e. The summed E-state index contributed by atoms with van der Waals surface area (Å²) >= 11 is 11.9. The van der Waals surface area contributed by atoms with E-state index in [0.29, 0.717) is 16.5 Å². The molecule has 0 saturated carbocycles. The van der Waals surface area contributed by atoms with Crippen molar-refractivity contribution in [1.29, 1.82) is 0 Å². The zero-order chi connectivity index (χ0) is 16.9. The third-order valence-electron chi connectivity index (χ3n) is 4.75. The summed E-state index contributed by atoms with van der Waals surface area (Å²) < 4.78 is 0. The van der Waals surface area contributed by atoms with Crippen molar-refractivity contribution in [3.05, 3.63) is 69.2 Å². The molecule has 0 bridgehead atoms. The number of hydrogen-bond donors (Lipinski definition) is 1. The van der Waals surface area contributed by atoms with E-state index in [0.717, 1.165) is 23.1 Å². The van der Waals surface area contributed by atoms with Gasteiger partial charge in [0.15, 0.2) is 0 Å². The van der Waals surface area contributed by atoms with Gasteiger partial charge in [-0.1, -0.05) is 53.5 Å². The highest BCUT2D eigenvalue weighted by molar-refractivity contribution is 6.42. The Kier molecular flexibility index (Phi) is 3.55. The van der Waals surface area contributed by atoms with Crippen molar-refractivity contribution in [3.8, 4) is 0 Å². The summed E-state index contributed by atoms with van der Waals surface area (Å²) in [6.07, 6.45) is 1.37. The van der Waals surface area contributed by atoms with Crippen LogP contribution in [0.25, 0.3) is 0 Å². The molecule has 2 aromatic rings. The maximum absolute atomic E-state index is 13.0. The number of fused-ring (bicyclic) bond motifs is 2. The molecule has 0 unspecified atom stereocenters. The van der Waals surface area contributed by atoms with Crippen LogP contribution < -0.4 is 5.32 Å². The van der Waals surface area contributed by atoms with Crippen LogP contribution in [0.4, 0.5) is 4.79 Å². The SMILES string of the molecule is O=C1N[C@@]2(CCc3ccccc32)C(=O)N1Cc1ccc(Cl)c(Cl)c1. The van der Waals surface area contributed by atoms with Crippen molar-refractivity contribution < 1.29 is 9.59 Å². The Hall–Kier alpha value is -2.04. The van der Waals surface area contributed by atoms with E-state index in [1.54, 1.807) is 18.2 Å². The lowest BCUT2D eigenvalue weighted by Gasteiger charge is -2.22. The molecule has 3 amide bonds. The van der Waals surface area contributed by atoms with Gasteiger partial charge in [-0.2, -0.15) is 0 Å². The van der Waals surface area contributed by atoms with Gasteiger partial charge in [-0.3, -0.25) is 9.69 Å². The maximum atomic E-state index is 13.0. The molecule has 24 heavy (non-hydrogen) atoms. The Labute approximate surface area is 149 Å². The number of aryl methyl sites for hydroxylation is 1. The van der Waals surface area contributed by atoms with Crippen LogP contribution in [0.15, 0.2) is 42.5 Å². The van der Waals surface area contributed by atoms with Gasteiger partial charge in [0.1, 0.15) is 5.54 Å². The summed E-state index contributed by atoms with van der Waals surface area (Å²) in [4.78, 5) is 26.7. The van der Waals surface area contributed by atoms with Crippen LogP contribution in [-0.2, 0) is 23.3 Å². The van der Waals surface area contributed by atoms with E-state index in [1.807, 2.05) is 24.3 Å². The minimum absolute atomic E-state index is 0.172. The van der Waals surface area contributed by atoms with E-state index in [2.05, 4.69) is 5.32 Å². The van der Waals surface area contributed by atoms with Crippen LogP contribution in [0.2, 0.25) is 10.0 Å². The Balaban J connectivity index is 1.66. The predicted molar refractivity (Wildman–Crippen MR) is 92.0 cm³/mol. The molecule has 6 heteroatoms. The zero-order valence-electron chi connectivity index (χ0n) is 12.7. The van der Waals surface area contributed by atoms with E-state index in [9.17, 15) is 9.59 Å². The van der Waals surface area contributed by atoms with Crippen LogP contribution in [-0.4, -0.2) is 16.8 Å². The Morgan fingerprint density at radius 2 is 1.88 bits per heavy atom. The Morgan fingerprint density at radius 3 is 2.67 bits per heavy atom. The summed E-state index contributed by atoms with van der Waals surface area (Å²) in [5.74, 6) is -0.205. The average molecular weight is 361 g/mol. The number of nitrogens with one attached hydrogen (secondary N) is 1. The van der Waals surface area contributed by atoms with Gasteiger partial charge in [-0.15, -0.1) is 0 Å². The molecule has 1 aliphatic heterocycles. The molecule has 1 aliphatic carbocycles. The third-order valence-corrected chi connectivity index (χ3v) is 5.49. The fraction of sp³-hybridized carbons (Fsp3) is 0.222. The van der Waals surface area contributed by atoms with E-state index in [-0.39, 0.29) is 18.5 Å². The van der Waals surface area contributed by atoms with Gasteiger partial charge < -0.3 is 5.32 Å². The van der Waals surface area contributed by atoms with Gasteiger partial charge >= 0.3 is 6.03 Å². The standard InChI is InChI=1S/C18H14Cl2N2O2/c19-14-6-5-11(9-15(14)20)10-22-16(23)18(21-17(22)24)8-7-12-3-1-2-4-13(12)18/h1-6,9H,7-8,10H2,(H,21,24)/t18-/m1/s1. The topological polar surface area (TPSA) is 49.4 Å². The number of hydrogen-bond acceptors (Lipinski definition) is 2. The van der Waals surface area contributed by atoms with Gasteiger partial charge in [0.25, 0.3) is 5.91 Å². The first kappa shape index (κ1) is 15.5. The minimum Gasteiger partial charge on any atom is -0.319 e. The molecule has 2 aromatic carbocycles. The number of nitrogens with zero attached hydrogens (tertiary/aromatic N) is 1.